The summed E-state index contributed by atoms with van der Waals surface area (Å²) >= 11 is 12.0. The summed E-state index contributed by atoms with van der Waals surface area (Å²) in [5.41, 5.74) is 1.17. The maximum Gasteiger partial charge on any atom is 0.335 e. The number of hydrogen-bond acceptors (Lipinski definition) is 3. The highest BCUT2D eigenvalue weighted by atomic mass is 35.5. The summed E-state index contributed by atoms with van der Waals surface area (Å²) in [6, 6.07) is 15.5. The number of rotatable bonds is 4. The maximum absolute atomic E-state index is 11.7. The minimum Gasteiger partial charge on any atom is -0.421 e. The van der Waals surface area contributed by atoms with Crippen LogP contribution in [-0.4, -0.2) is 5.97 Å². The molecule has 5 heteroatoms. The number of nitrogens with zero attached hydrogens (tertiary/aromatic N) is 1. The minimum atomic E-state index is -0.679. The Morgan fingerprint density at radius 1 is 1.13 bits per heavy atom. The van der Waals surface area contributed by atoms with Crippen molar-refractivity contribution in [3.63, 3.8) is 0 Å². The fourth-order valence-electron chi connectivity index (χ4n) is 1.89. The Morgan fingerprint density at radius 3 is 2.35 bits per heavy atom. The summed E-state index contributed by atoms with van der Waals surface area (Å²) in [6.07, 6.45) is 1.02. The first-order chi connectivity index (χ1) is 11.1. The Hall–Kier alpha value is -2.54. The average Bonchev–Trinajstić information content (AvgIpc) is 2.56. The van der Waals surface area contributed by atoms with Gasteiger partial charge in [-0.05, 0) is 29.8 Å². The number of allylic oxidation sites excluding steroid dienone is 1. The van der Waals surface area contributed by atoms with Crippen LogP contribution < -0.4 is 0 Å². The topological polar surface area (TPSA) is 50.1 Å². The van der Waals surface area contributed by atoms with Crippen molar-refractivity contribution in [3.05, 3.63) is 82.4 Å². The van der Waals surface area contributed by atoms with Crippen molar-refractivity contribution in [2.24, 2.45) is 0 Å². The Bertz CT molecular complexity index is 818. The van der Waals surface area contributed by atoms with Crippen molar-refractivity contribution < 1.29 is 9.53 Å². The molecule has 0 unspecified atom stereocenters. The van der Waals surface area contributed by atoms with Gasteiger partial charge in [0.2, 0.25) is 0 Å². The Labute approximate surface area is 144 Å². The number of hydrogen-bond donors (Lipinski definition) is 0. The van der Waals surface area contributed by atoms with Gasteiger partial charge in [-0.3, -0.25) is 0 Å². The summed E-state index contributed by atoms with van der Waals surface area (Å²) in [4.78, 5) is 11.7. The Kier molecular flexibility index (Phi) is 5.59. The van der Waals surface area contributed by atoms with Crippen LogP contribution >= 0.6 is 23.2 Å². The lowest BCUT2D eigenvalue weighted by atomic mass is 10.0. The highest BCUT2D eigenvalue weighted by Crippen LogP contribution is 2.32. The van der Waals surface area contributed by atoms with Crippen molar-refractivity contribution in [1.29, 1.82) is 5.26 Å². The zero-order valence-corrected chi connectivity index (χ0v) is 13.4. The Morgan fingerprint density at radius 2 is 1.78 bits per heavy atom. The van der Waals surface area contributed by atoms with Gasteiger partial charge in [0.05, 0.1) is 5.02 Å². The van der Waals surface area contributed by atoms with Gasteiger partial charge in [0.15, 0.2) is 5.76 Å². The molecule has 0 saturated heterocycles. The van der Waals surface area contributed by atoms with Crippen molar-refractivity contribution in [3.8, 4) is 6.07 Å². The standard InChI is InChI=1S/C18H11Cl2NO2/c1-2-17(22)23-18(14-5-3-4-6-16(14)20)15(11-21)12-7-9-13(19)10-8-12/h2-10H,1H2/b18-15+. The molecule has 0 aliphatic rings. The van der Waals surface area contributed by atoms with Gasteiger partial charge in [-0.25, -0.2) is 4.79 Å². The first-order valence-corrected chi connectivity index (χ1v) is 7.32. The van der Waals surface area contributed by atoms with Crippen LogP contribution in [0.5, 0.6) is 0 Å². The molecule has 0 atom stereocenters. The number of nitriles is 1. The van der Waals surface area contributed by atoms with E-state index in [-0.39, 0.29) is 11.3 Å². The second-order valence-corrected chi connectivity index (χ2v) is 5.27. The number of benzene rings is 2. The fraction of sp³-hybridized carbons (Fsp3) is 0. The highest BCUT2D eigenvalue weighted by Gasteiger charge is 2.18. The molecule has 0 aliphatic carbocycles. The molecule has 0 aliphatic heterocycles. The molecule has 0 bridgehead atoms. The number of ether oxygens (including phenoxy) is 1. The van der Waals surface area contributed by atoms with Gasteiger partial charge in [-0.15, -0.1) is 0 Å². The molecule has 114 valence electrons. The third-order valence-electron chi connectivity index (χ3n) is 2.96. The normalized spacial score (nSPS) is 11.2. The lowest BCUT2D eigenvalue weighted by Crippen LogP contribution is -2.03. The van der Waals surface area contributed by atoms with Gasteiger partial charge in [0.25, 0.3) is 0 Å². The molecule has 0 aromatic heterocycles. The van der Waals surface area contributed by atoms with E-state index in [1.807, 2.05) is 0 Å². The van der Waals surface area contributed by atoms with Gasteiger partial charge in [0.1, 0.15) is 11.6 Å². The fourth-order valence-corrected chi connectivity index (χ4v) is 2.24. The highest BCUT2D eigenvalue weighted by molar-refractivity contribution is 6.32. The van der Waals surface area contributed by atoms with E-state index in [0.717, 1.165) is 6.08 Å². The van der Waals surface area contributed by atoms with E-state index in [0.29, 0.717) is 21.2 Å². The number of carbonyl (C=O) groups excluding carboxylic acids is 1. The number of halogens is 2. The lowest BCUT2D eigenvalue weighted by molar-refractivity contribution is -0.131. The predicted molar refractivity (Wildman–Crippen MR) is 91.6 cm³/mol. The summed E-state index contributed by atoms with van der Waals surface area (Å²) < 4.78 is 5.29. The van der Waals surface area contributed by atoms with Crippen molar-refractivity contribution >= 4 is 40.5 Å². The van der Waals surface area contributed by atoms with Crippen molar-refractivity contribution in [2.45, 2.75) is 0 Å². The zero-order valence-electron chi connectivity index (χ0n) is 11.9. The molecule has 3 nitrogen and oxygen atoms in total. The lowest BCUT2D eigenvalue weighted by Gasteiger charge is -2.12. The van der Waals surface area contributed by atoms with Crippen LogP contribution in [0.1, 0.15) is 11.1 Å². The molecular weight excluding hydrogens is 333 g/mol. The molecule has 0 fully saturated rings. The molecule has 0 radical (unpaired) electrons. The molecule has 2 rings (SSSR count). The van der Waals surface area contributed by atoms with Crippen LogP contribution in [0.2, 0.25) is 10.0 Å². The monoisotopic (exact) mass is 343 g/mol. The summed E-state index contributed by atoms with van der Waals surface area (Å²) in [7, 11) is 0. The summed E-state index contributed by atoms with van der Waals surface area (Å²) in [5.74, 6) is -0.605. The molecule has 0 amide bonds. The molecule has 0 heterocycles. The van der Waals surface area contributed by atoms with E-state index in [4.69, 9.17) is 27.9 Å². The quantitative estimate of drug-likeness (QED) is 0.254. The van der Waals surface area contributed by atoms with Crippen molar-refractivity contribution in [1.82, 2.24) is 0 Å². The molecule has 2 aromatic carbocycles. The molecule has 23 heavy (non-hydrogen) atoms. The van der Waals surface area contributed by atoms with E-state index >= 15 is 0 Å². The summed E-state index contributed by atoms with van der Waals surface area (Å²) in [6.45, 7) is 3.37. The van der Waals surface area contributed by atoms with Crippen LogP contribution in [-0.2, 0) is 9.53 Å². The Balaban J connectivity index is 2.69. The van der Waals surface area contributed by atoms with Crippen LogP contribution in [0, 0.1) is 11.3 Å². The maximum atomic E-state index is 11.7. The average molecular weight is 344 g/mol. The van der Waals surface area contributed by atoms with E-state index in [1.165, 1.54) is 0 Å². The molecule has 0 saturated carbocycles. The van der Waals surface area contributed by atoms with Crippen LogP contribution in [0.15, 0.2) is 61.2 Å². The predicted octanol–water partition coefficient (Wildman–Crippen LogP) is 5.11. The van der Waals surface area contributed by atoms with Gasteiger partial charge < -0.3 is 4.74 Å². The van der Waals surface area contributed by atoms with E-state index in [9.17, 15) is 10.1 Å². The van der Waals surface area contributed by atoms with Gasteiger partial charge in [-0.2, -0.15) is 5.26 Å². The van der Waals surface area contributed by atoms with Crippen molar-refractivity contribution in [2.75, 3.05) is 0 Å². The van der Waals surface area contributed by atoms with Crippen LogP contribution in [0.3, 0.4) is 0 Å². The van der Waals surface area contributed by atoms with Gasteiger partial charge >= 0.3 is 5.97 Å². The second kappa shape index (κ2) is 7.64. The molecular formula is C18H11Cl2NO2. The van der Waals surface area contributed by atoms with Gasteiger partial charge in [0, 0.05) is 16.7 Å². The largest absolute Gasteiger partial charge is 0.421 e. The number of carbonyl (C=O) groups is 1. The third-order valence-corrected chi connectivity index (χ3v) is 3.54. The minimum absolute atomic E-state index is 0.0744. The second-order valence-electron chi connectivity index (χ2n) is 4.43. The molecule has 0 spiro atoms. The molecule has 0 N–H and O–H groups in total. The smallest absolute Gasteiger partial charge is 0.335 e. The van der Waals surface area contributed by atoms with E-state index < -0.39 is 5.97 Å². The van der Waals surface area contributed by atoms with Gasteiger partial charge in [-0.1, -0.05) is 54.0 Å². The zero-order chi connectivity index (χ0) is 16.8. The first-order valence-electron chi connectivity index (χ1n) is 6.56. The number of esters is 1. The summed E-state index contributed by atoms with van der Waals surface area (Å²) in [5, 5.41) is 10.5. The van der Waals surface area contributed by atoms with E-state index in [1.54, 1.807) is 48.5 Å². The van der Waals surface area contributed by atoms with Crippen LogP contribution in [0.4, 0.5) is 0 Å². The molecule has 2 aromatic rings. The van der Waals surface area contributed by atoms with Crippen LogP contribution in [0.25, 0.3) is 11.3 Å². The first kappa shape index (κ1) is 16.8. The van der Waals surface area contributed by atoms with E-state index in [2.05, 4.69) is 12.6 Å². The third kappa shape index (κ3) is 4.01. The SMILES string of the molecule is C=CC(=O)O/C(=C(\C#N)c1ccc(Cl)cc1)c1ccccc1Cl.